The Balaban J connectivity index is 2.63. The predicted molar refractivity (Wildman–Crippen MR) is 65.1 cm³/mol. The Morgan fingerprint density at radius 2 is 1.94 bits per heavy atom. The van der Waals surface area contributed by atoms with Gasteiger partial charge < -0.3 is 16.8 Å². The Morgan fingerprint density at radius 3 is 2.53 bits per heavy atom. The van der Waals surface area contributed by atoms with Crippen LogP contribution in [0, 0.1) is 0 Å². The zero-order chi connectivity index (χ0) is 12.8. The maximum absolute atomic E-state index is 11.2. The third-order valence-electron chi connectivity index (χ3n) is 2.43. The van der Waals surface area contributed by atoms with Crippen LogP contribution in [0.2, 0.25) is 0 Å². The molecule has 5 nitrogen and oxygen atoms in total. The summed E-state index contributed by atoms with van der Waals surface area (Å²) in [5, 5.41) is 3.12. The van der Waals surface area contributed by atoms with Crippen LogP contribution in [-0.4, -0.2) is 17.9 Å². The van der Waals surface area contributed by atoms with Crippen LogP contribution in [0.5, 0.6) is 0 Å². The van der Waals surface area contributed by atoms with Gasteiger partial charge in [-0.25, -0.2) is 0 Å². The number of carbonyl (C=O) groups is 2. The van der Waals surface area contributed by atoms with Gasteiger partial charge in [-0.3, -0.25) is 9.59 Å². The molecule has 92 valence electrons. The van der Waals surface area contributed by atoms with E-state index in [1.165, 1.54) is 0 Å². The fourth-order valence-corrected chi connectivity index (χ4v) is 1.57. The van der Waals surface area contributed by atoms with Gasteiger partial charge >= 0.3 is 0 Å². The average Bonchev–Trinajstić information content (AvgIpc) is 2.25. The maximum atomic E-state index is 11.2. The Hall–Kier alpha value is -1.88. The summed E-state index contributed by atoms with van der Waals surface area (Å²) >= 11 is 0. The van der Waals surface area contributed by atoms with E-state index >= 15 is 0 Å². The molecule has 0 spiro atoms. The third kappa shape index (κ3) is 4.24. The molecule has 0 aliphatic rings. The number of primary amides is 2. The molecule has 1 aromatic carbocycles. The Labute approximate surface area is 100 Å². The van der Waals surface area contributed by atoms with Crippen LogP contribution >= 0.6 is 0 Å². The van der Waals surface area contributed by atoms with Crippen molar-refractivity contribution >= 4 is 11.8 Å². The van der Waals surface area contributed by atoms with Crippen LogP contribution in [0.15, 0.2) is 24.3 Å². The molecule has 0 heterocycles. The van der Waals surface area contributed by atoms with Crippen molar-refractivity contribution in [2.45, 2.75) is 25.9 Å². The highest BCUT2D eigenvalue weighted by molar-refractivity contribution is 5.94. The molecule has 1 aromatic rings. The first kappa shape index (κ1) is 13.2. The van der Waals surface area contributed by atoms with E-state index in [1.807, 2.05) is 19.1 Å². The molecule has 0 aliphatic carbocycles. The first-order valence-electron chi connectivity index (χ1n) is 5.40. The molecule has 1 unspecified atom stereocenters. The molecule has 0 aliphatic heterocycles. The minimum atomic E-state index is -0.454. The molecule has 0 radical (unpaired) electrons. The van der Waals surface area contributed by atoms with Crippen molar-refractivity contribution in [1.82, 2.24) is 5.32 Å². The number of carbonyl (C=O) groups excluding carboxylic acids is 2. The molecule has 0 aromatic heterocycles. The molecule has 17 heavy (non-hydrogen) atoms. The molecule has 5 heteroatoms. The highest BCUT2D eigenvalue weighted by atomic mass is 16.1. The minimum absolute atomic E-state index is 0.0339. The van der Waals surface area contributed by atoms with Crippen molar-refractivity contribution in [3.63, 3.8) is 0 Å². The van der Waals surface area contributed by atoms with Crippen LogP contribution in [0.3, 0.4) is 0 Å². The number of benzene rings is 1. The number of amides is 2. The number of nitrogens with two attached hydrogens (primary N) is 2. The summed E-state index contributed by atoms with van der Waals surface area (Å²) in [6, 6.07) is 7.06. The Kier molecular flexibility index (Phi) is 4.66. The summed E-state index contributed by atoms with van der Waals surface area (Å²) in [7, 11) is 0. The van der Waals surface area contributed by atoms with Gasteiger partial charge in [0.2, 0.25) is 11.8 Å². The average molecular weight is 235 g/mol. The number of rotatable bonds is 6. The van der Waals surface area contributed by atoms with Gasteiger partial charge in [0.25, 0.3) is 0 Å². The van der Waals surface area contributed by atoms with Crippen LogP contribution in [0.4, 0.5) is 0 Å². The van der Waals surface area contributed by atoms with E-state index in [0.29, 0.717) is 12.1 Å². The quantitative estimate of drug-likeness (QED) is 0.654. The second-order valence-corrected chi connectivity index (χ2v) is 3.97. The molecular formula is C12H17N3O2. The zero-order valence-corrected chi connectivity index (χ0v) is 9.77. The smallest absolute Gasteiger partial charge is 0.249 e. The van der Waals surface area contributed by atoms with Crippen molar-refractivity contribution in [1.29, 1.82) is 0 Å². The van der Waals surface area contributed by atoms with Crippen molar-refractivity contribution in [3.05, 3.63) is 35.4 Å². The fraction of sp³-hybridized carbons (Fsp3) is 0.333. The van der Waals surface area contributed by atoms with Crippen LogP contribution < -0.4 is 16.8 Å². The first-order valence-corrected chi connectivity index (χ1v) is 5.40. The topological polar surface area (TPSA) is 98.2 Å². The van der Waals surface area contributed by atoms with Gasteiger partial charge in [0, 0.05) is 24.6 Å². The molecule has 0 bridgehead atoms. The van der Waals surface area contributed by atoms with Gasteiger partial charge in [0.1, 0.15) is 0 Å². The van der Waals surface area contributed by atoms with E-state index in [0.717, 1.165) is 5.56 Å². The SMILES string of the molecule is CC(CC(N)=O)NCc1ccccc1C(N)=O. The maximum Gasteiger partial charge on any atom is 0.249 e. The minimum Gasteiger partial charge on any atom is -0.370 e. The highest BCUT2D eigenvalue weighted by Crippen LogP contribution is 2.08. The van der Waals surface area contributed by atoms with Crippen molar-refractivity contribution in [2.75, 3.05) is 0 Å². The second kappa shape index (κ2) is 6.00. The van der Waals surface area contributed by atoms with Gasteiger partial charge in [-0.15, -0.1) is 0 Å². The standard InChI is InChI=1S/C12H17N3O2/c1-8(6-11(13)16)15-7-9-4-2-3-5-10(9)12(14)17/h2-5,8,15H,6-7H2,1H3,(H2,13,16)(H2,14,17). The van der Waals surface area contributed by atoms with E-state index < -0.39 is 5.91 Å². The zero-order valence-electron chi connectivity index (χ0n) is 9.77. The van der Waals surface area contributed by atoms with E-state index in [4.69, 9.17) is 11.5 Å². The Bertz CT molecular complexity index is 418. The molecule has 0 saturated carbocycles. The molecule has 1 atom stereocenters. The summed E-state index contributed by atoms with van der Waals surface area (Å²) < 4.78 is 0. The summed E-state index contributed by atoms with van der Waals surface area (Å²) in [5.74, 6) is -0.807. The number of nitrogens with one attached hydrogen (secondary N) is 1. The van der Waals surface area contributed by atoms with E-state index in [2.05, 4.69) is 5.32 Å². The van der Waals surface area contributed by atoms with Crippen molar-refractivity contribution < 1.29 is 9.59 Å². The van der Waals surface area contributed by atoms with Crippen molar-refractivity contribution in [2.24, 2.45) is 11.5 Å². The lowest BCUT2D eigenvalue weighted by molar-refractivity contribution is -0.118. The molecule has 1 rings (SSSR count). The van der Waals surface area contributed by atoms with Crippen LogP contribution in [0.25, 0.3) is 0 Å². The van der Waals surface area contributed by atoms with Crippen molar-refractivity contribution in [3.8, 4) is 0 Å². The summed E-state index contributed by atoms with van der Waals surface area (Å²) in [5.41, 5.74) is 11.7. The van der Waals surface area contributed by atoms with Gasteiger partial charge in [-0.2, -0.15) is 0 Å². The number of hydrogen-bond acceptors (Lipinski definition) is 3. The normalized spacial score (nSPS) is 12.1. The van der Waals surface area contributed by atoms with Gasteiger partial charge in [-0.05, 0) is 18.6 Å². The van der Waals surface area contributed by atoms with Crippen LogP contribution in [0.1, 0.15) is 29.3 Å². The molecule has 0 saturated heterocycles. The summed E-state index contributed by atoms with van der Waals surface area (Å²) in [4.78, 5) is 21.9. The largest absolute Gasteiger partial charge is 0.370 e. The monoisotopic (exact) mass is 235 g/mol. The molecule has 0 fully saturated rings. The van der Waals surface area contributed by atoms with E-state index in [-0.39, 0.29) is 18.4 Å². The third-order valence-corrected chi connectivity index (χ3v) is 2.43. The molecule has 2 amide bonds. The lowest BCUT2D eigenvalue weighted by atomic mass is 10.1. The first-order chi connectivity index (χ1) is 8.00. The summed E-state index contributed by atoms with van der Waals surface area (Å²) in [6.07, 6.45) is 0.263. The number of hydrogen-bond donors (Lipinski definition) is 3. The Morgan fingerprint density at radius 1 is 1.29 bits per heavy atom. The van der Waals surface area contributed by atoms with E-state index in [9.17, 15) is 9.59 Å². The molecular weight excluding hydrogens is 218 g/mol. The second-order valence-electron chi connectivity index (χ2n) is 3.97. The lowest BCUT2D eigenvalue weighted by Gasteiger charge is -2.13. The predicted octanol–water partition coefficient (Wildman–Crippen LogP) is 0.139. The van der Waals surface area contributed by atoms with Crippen LogP contribution in [-0.2, 0) is 11.3 Å². The van der Waals surface area contributed by atoms with Gasteiger partial charge in [0.15, 0.2) is 0 Å². The highest BCUT2D eigenvalue weighted by Gasteiger charge is 2.09. The van der Waals surface area contributed by atoms with Gasteiger partial charge in [0.05, 0.1) is 0 Å². The summed E-state index contributed by atoms with van der Waals surface area (Å²) in [6.45, 7) is 2.34. The molecule has 5 N–H and O–H groups in total. The lowest BCUT2D eigenvalue weighted by Crippen LogP contribution is -2.31. The fourth-order valence-electron chi connectivity index (χ4n) is 1.57. The van der Waals surface area contributed by atoms with E-state index in [1.54, 1.807) is 12.1 Å². The van der Waals surface area contributed by atoms with Gasteiger partial charge in [-0.1, -0.05) is 18.2 Å².